The third-order valence-corrected chi connectivity index (χ3v) is 3.84. The van der Waals surface area contributed by atoms with Gasteiger partial charge in [-0.3, -0.25) is 0 Å². The predicted molar refractivity (Wildman–Crippen MR) is 65.3 cm³/mol. The smallest absolute Gasteiger partial charge is 0.233 e. The number of thiophene rings is 1. The highest BCUT2D eigenvalue weighted by Gasteiger charge is 2.01. The van der Waals surface area contributed by atoms with Crippen LogP contribution in [0, 0.1) is 0 Å². The van der Waals surface area contributed by atoms with Gasteiger partial charge in [0, 0.05) is 21.3 Å². The van der Waals surface area contributed by atoms with Crippen molar-refractivity contribution in [2.75, 3.05) is 11.1 Å². The van der Waals surface area contributed by atoms with Gasteiger partial charge >= 0.3 is 0 Å². The van der Waals surface area contributed by atoms with Gasteiger partial charge in [0.1, 0.15) is 0 Å². The first kappa shape index (κ1) is 10.4. The zero-order valence-corrected chi connectivity index (χ0v) is 9.99. The number of hydrogen-bond donors (Lipinski definition) is 2. The normalized spacial score (nSPS) is 10.5. The molecule has 0 bridgehead atoms. The molecule has 0 aliphatic carbocycles. The lowest BCUT2D eigenvalue weighted by Crippen LogP contribution is -1.96. The number of anilines is 2. The highest BCUT2D eigenvalue weighted by molar-refractivity contribution is 7.12. The molecule has 2 rings (SSSR count). The lowest BCUT2D eigenvalue weighted by Gasteiger charge is -1.97. The monoisotopic (exact) mass is 240 g/mol. The molecule has 0 aliphatic heterocycles. The topological polar surface area (TPSA) is 63.8 Å². The maximum atomic E-state index is 5.42. The Morgan fingerprint density at radius 1 is 1.40 bits per heavy atom. The van der Waals surface area contributed by atoms with Crippen molar-refractivity contribution >= 4 is 33.9 Å². The van der Waals surface area contributed by atoms with Crippen molar-refractivity contribution in [3.8, 4) is 0 Å². The molecule has 3 N–H and O–H groups in total. The Hall–Kier alpha value is -1.14. The molecule has 0 aromatic carbocycles. The van der Waals surface area contributed by atoms with Gasteiger partial charge in [-0.1, -0.05) is 6.92 Å². The van der Waals surface area contributed by atoms with E-state index in [9.17, 15) is 0 Å². The van der Waals surface area contributed by atoms with Gasteiger partial charge in [0.15, 0.2) is 0 Å². The number of nitrogens with one attached hydrogen (secondary N) is 1. The predicted octanol–water partition coefficient (Wildman–Crippen LogP) is 2.36. The Morgan fingerprint density at radius 3 is 2.80 bits per heavy atom. The maximum absolute atomic E-state index is 5.42. The number of hydrogen-bond acceptors (Lipinski definition) is 6. The molecule has 4 nitrogen and oxygen atoms in total. The Kier molecular flexibility index (Phi) is 3.17. The Labute approximate surface area is 96.3 Å². The molecule has 0 fully saturated rings. The molecule has 0 unspecified atom stereocenters. The Bertz CT molecular complexity index is 435. The zero-order chi connectivity index (χ0) is 10.7. The van der Waals surface area contributed by atoms with Gasteiger partial charge in [-0.2, -0.15) is 9.36 Å². The number of nitrogen functional groups attached to an aromatic ring is 1. The van der Waals surface area contributed by atoms with Crippen LogP contribution in [0.2, 0.25) is 0 Å². The van der Waals surface area contributed by atoms with Crippen molar-refractivity contribution in [1.82, 2.24) is 9.36 Å². The second-order valence-electron chi connectivity index (χ2n) is 3.03. The van der Waals surface area contributed by atoms with Crippen LogP contribution < -0.4 is 11.1 Å². The summed E-state index contributed by atoms with van der Waals surface area (Å²) >= 11 is 3.11. The number of aryl methyl sites for hydroxylation is 1. The van der Waals surface area contributed by atoms with Crippen molar-refractivity contribution in [1.29, 1.82) is 0 Å². The molecule has 2 aromatic heterocycles. The lowest BCUT2D eigenvalue weighted by atomic mass is 10.4. The first-order chi connectivity index (χ1) is 7.28. The third-order valence-electron chi connectivity index (χ3n) is 1.92. The summed E-state index contributed by atoms with van der Waals surface area (Å²) in [6, 6.07) is 4.30. The van der Waals surface area contributed by atoms with Crippen LogP contribution in [0.4, 0.5) is 11.1 Å². The summed E-state index contributed by atoms with van der Waals surface area (Å²) in [5.74, 6) is 0.336. The van der Waals surface area contributed by atoms with Crippen LogP contribution in [0.25, 0.3) is 0 Å². The van der Waals surface area contributed by atoms with Gasteiger partial charge in [-0.15, -0.1) is 11.3 Å². The van der Waals surface area contributed by atoms with Gasteiger partial charge in [0.25, 0.3) is 0 Å². The molecule has 0 saturated heterocycles. The molecule has 2 aromatic rings. The van der Waals surface area contributed by atoms with Crippen LogP contribution in [-0.4, -0.2) is 9.36 Å². The molecule has 2 heterocycles. The molecule has 0 atom stereocenters. The molecule has 15 heavy (non-hydrogen) atoms. The summed E-state index contributed by atoms with van der Waals surface area (Å²) in [4.78, 5) is 6.74. The van der Waals surface area contributed by atoms with E-state index in [-0.39, 0.29) is 0 Å². The van der Waals surface area contributed by atoms with Crippen LogP contribution in [0.1, 0.15) is 16.7 Å². The van der Waals surface area contributed by atoms with E-state index >= 15 is 0 Å². The minimum atomic E-state index is 0.336. The summed E-state index contributed by atoms with van der Waals surface area (Å²) in [5, 5.41) is 3.97. The van der Waals surface area contributed by atoms with E-state index in [2.05, 4.69) is 33.7 Å². The average molecular weight is 240 g/mol. The summed E-state index contributed by atoms with van der Waals surface area (Å²) in [6.45, 7) is 2.95. The van der Waals surface area contributed by atoms with Gasteiger partial charge < -0.3 is 11.1 Å². The molecule has 0 amide bonds. The summed E-state index contributed by atoms with van der Waals surface area (Å²) in [7, 11) is 0. The molecule has 0 radical (unpaired) electrons. The largest absolute Gasteiger partial charge is 0.367 e. The van der Waals surface area contributed by atoms with Crippen LogP contribution >= 0.6 is 22.9 Å². The van der Waals surface area contributed by atoms with E-state index in [0.29, 0.717) is 5.95 Å². The van der Waals surface area contributed by atoms with E-state index in [1.165, 1.54) is 21.3 Å². The fourth-order valence-corrected chi connectivity index (χ4v) is 2.57. The summed E-state index contributed by atoms with van der Waals surface area (Å²) in [5.41, 5.74) is 5.42. The Balaban J connectivity index is 1.93. The second-order valence-corrected chi connectivity index (χ2v) is 5.04. The minimum absolute atomic E-state index is 0.336. The number of nitrogens with two attached hydrogens (primary N) is 1. The van der Waals surface area contributed by atoms with Gasteiger partial charge in [0.05, 0.1) is 6.54 Å². The minimum Gasteiger partial charge on any atom is -0.367 e. The Morgan fingerprint density at radius 2 is 2.20 bits per heavy atom. The summed E-state index contributed by atoms with van der Waals surface area (Å²) < 4.78 is 3.90. The van der Waals surface area contributed by atoms with Crippen molar-refractivity contribution in [2.45, 2.75) is 19.9 Å². The van der Waals surface area contributed by atoms with Crippen LogP contribution in [0.3, 0.4) is 0 Å². The molecule has 0 spiro atoms. The molecular formula is C9H12N4S2. The SMILES string of the molecule is CCc1ccc(CNc2nc(N)ns2)s1. The molecule has 80 valence electrons. The first-order valence-corrected chi connectivity index (χ1v) is 6.27. The number of rotatable bonds is 4. The molecule has 0 aliphatic rings. The van der Waals surface area contributed by atoms with Gasteiger partial charge in [-0.25, -0.2) is 0 Å². The van der Waals surface area contributed by atoms with E-state index in [1.807, 2.05) is 11.3 Å². The van der Waals surface area contributed by atoms with Crippen LogP contribution in [-0.2, 0) is 13.0 Å². The number of nitrogens with zero attached hydrogens (tertiary/aromatic N) is 2. The second kappa shape index (κ2) is 4.59. The highest BCUT2D eigenvalue weighted by Crippen LogP contribution is 2.19. The van der Waals surface area contributed by atoms with Crippen LogP contribution in [0.5, 0.6) is 0 Å². The highest BCUT2D eigenvalue weighted by atomic mass is 32.1. The molecule has 0 saturated carbocycles. The first-order valence-electron chi connectivity index (χ1n) is 4.68. The van der Waals surface area contributed by atoms with Crippen LogP contribution in [0.15, 0.2) is 12.1 Å². The van der Waals surface area contributed by atoms with Crippen molar-refractivity contribution in [2.24, 2.45) is 0 Å². The van der Waals surface area contributed by atoms with Gasteiger partial charge in [-0.05, 0) is 18.6 Å². The standard InChI is InChI=1S/C9H12N4S2/c1-2-6-3-4-7(14-6)5-11-9-12-8(10)13-15-9/h3-4H,2,5H2,1H3,(H3,10,11,12,13). The summed E-state index contributed by atoms with van der Waals surface area (Å²) in [6.07, 6.45) is 1.09. The van der Waals surface area contributed by atoms with Crippen molar-refractivity contribution in [3.63, 3.8) is 0 Å². The van der Waals surface area contributed by atoms with E-state index < -0.39 is 0 Å². The van der Waals surface area contributed by atoms with Crippen molar-refractivity contribution < 1.29 is 0 Å². The zero-order valence-electron chi connectivity index (χ0n) is 8.36. The molecular weight excluding hydrogens is 228 g/mol. The molecule has 6 heteroatoms. The van der Waals surface area contributed by atoms with E-state index in [4.69, 9.17) is 5.73 Å². The fraction of sp³-hybridized carbons (Fsp3) is 0.333. The fourth-order valence-electron chi connectivity index (χ4n) is 1.18. The average Bonchev–Trinajstić information content (AvgIpc) is 2.83. The lowest BCUT2D eigenvalue weighted by molar-refractivity contribution is 1.17. The van der Waals surface area contributed by atoms with E-state index in [0.717, 1.165) is 18.1 Å². The maximum Gasteiger partial charge on any atom is 0.233 e. The van der Waals surface area contributed by atoms with Gasteiger partial charge in [0.2, 0.25) is 11.1 Å². The third kappa shape index (κ3) is 2.66. The number of aromatic nitrogens is 2. The van der Waals surface area contributed by atoms with Crippen molar-refractivity contribution in [3.05, 3.63) is 21.9 Å². The quantitative estimate of drug-likeness (QED) is 0.861. The van der Waals surface area contributed by atoms with E-state index in [1.54, 1.807) is 0 Å².